The molecule has 0 spiro atoms. The van der Waals surface area contributed by atoms with Crippen molar-refractivity contribution >= 4 is 11.9 Å². The Morgan fingerprint density at radius 3 is 2.29 bits per heavy atom. The van der Waals surface area contributed by atoms with Gasteiger partial charge in [0, 0.05) is 31.6 Å². The molecule has 1 aliphatic rings. The lowest BCUT2D eigenvalue weighted by Gasteiger charge is -2.35. The first kappa shape index (κ1) is 17.9. The second-order valence-electron chi connectivity index (χ2n) is 6.40. The van der Waals surface area contributed by atoms with Crippen LogP contribution in [0.5, 0.6) is 0 Å². The third kappa shape index (κ3) is 6.91. The molecule has 1 fully saturated rings. The van der Waals surface area contributed by atoms with Crippen molar-refractivity contribution in [2.24, 2.45) is 0 Å². The number of aliphatic carboxylic acids is 1. The molecule has 1 amide bonds. The largest absolute Gasteiger partial charge is 0.481 e. The van der Waals surface area contributed by atoms with Crippen LogP contribution in [0.1, 0.15) is 40.0 Å². The molecule has 1 heterocycles. The van der Waals surface area contributed by atoms with Gasteiger partial charge >= 0.3 is 5.97 Å². The number of carbonyl (C=O) groups is 2. The third-order valence-corrected chi connectivity index (χ3v) is 3.73. The smallest absolute Gasteiger partial charge is 0.304 e. The number of carboxylic acid groups (broad SMARTS) is 1. The molecular weight excluding hydrogens is 272 g/mol. The number of carbonyl (C=O) groups excluding carboxylic acids is 1. The van der Waals surface area contributed by atoms with Gasteiger partial charge in [0.2, 0.25) is 5.91 Å². The van der Waals surface area contributed by atoms with E-state index in [4.69, 9.17) is 9.84 Å². The Bertz CT molecular complexity index is 346. The molecule has 0 aromatic heterocycles. The fourth-order valence-corrected chi connectivity index (χ4v) is 2.41. The molecule has 0 radical (unpaired) electrons. The van der Waals surface area contributed by atoms with Crippen molar-refractivity contribution < 1.29 is 19.4 Å². The van der Waals surface area contributed by atoms with Crippen LogP contribution in [0, 0.1) is 0 Å². The van der Waals surface area contributed by atoms with Crippen molar-refractivity contribution in [2.45, 2.75) is 45.6 Å². The fraction of sp³-hybridized carbons (Fsp3) is 0.867. The average Bonchev–Trinajstić information content (AvgIpc) is 2.41. The predicted molar refractivity (Wildman–Crippen MR) is 80.2 cm³/mol. The first-order chi connectivity index (χ1) is 9.80. The topological polar surface area (TPSA) is 70.1 Å². The Labute approximate surface area is 127 Å². The predicted octanol–water partition coefficient (Wildman–Crippen LogP) is 1.20. The van der Waals surface area contributed by atoms with Gasteiger partial charge in [0.25, 0.3) is 0 Å². The molecule has 0 saturated carbocycles. The number of amides is 1. The Morgan fingerprint density at radius 2 is 1.76 bits per heavy atom. The van der Waals surface area contributed by atoms with E-state index >= 15 is 0 Å². The minimum absolute atomic E-state index is 0.0859. The molecule has 1 rings (SSSR count). The zero-order chi connectivity index (χ0) is 15.9. The zero-order valence-electron chi connectivity index (χ0n) is 13.4. The number of morpholine rings is 1. The van der Waals surface area contributed by atoms with Gasteiger partial charge in [-0.3, -0.25) is 14.5 Å². The van der Waals surface area contributed by atoms with Crippen LogP contribution in [0.4, 0.5) is 0 Å². The lowest BCUT2D eigenvalue weighted by molar-refractivity contribution is -0.138. The molecule has 1 saturated heterocycles. The van der Waals surface area contributed by atoms with Gasteiger partial charge in [-0.05, 0) is 33.7 Å². The average molecular weight is 300 g/mol. The van der Waals surface area contributed by atoms with E-state index in [2.05, 4.69) is 25.7 Å². The summed E-state index contributed by atoms with van der Waals surface area (Å²) in [7, 11) is 0. The summed E-state index contributed by atoms with van der Waals surface area (Å²) in [5.74, 6) is -0.612. The maximum atomic E-state index is 12.1. The SMILES string of the molecule is CC(C)(C)N(CCCC(=O)N1CCOCC1)CCC(=O)O. The molecule has 0 atom stereocenters. The van der Waals surface area contributed by atoms with Crippen LogP contribution in [0.15, 0.2) is 0 Å². The first-order valence-electron chi connectivity index (χ1n) is 7.63. The summed E-state index contributed by atoms with van der Waals surface area (Å²) < 4.78 is 5.23. The fourth-order valence-electron chi connectivity index (χ4n) is 2.41. The van der Waals surface area contributed by atoms with E-state index in [1.54, 1.807) is 0 Å². The zero-order valence-corrected chi connectivity index (χ0v) is 13.4. The number of carboxylic acids is 1. The second-order valence-corrected chi connectivity index (χ2v) is 6.40. The molecule has 0 unspecified atom stereocenters. The molecule has 0 aliphatic carbocycles. The molecule has 21 heavy (non-hydrogen) atoms. The van der Waals surface area contributed by atoms with Crippen molar-refractivity contribution in [1.82, 2.24) is 9.80 Å². The van der Waals surface area contributed by atoms with Crippen molar-refractivity contribution in [1.29, 1.82) is 0 Å². The van der Waals surface area contributed by atoms with Crippen LogP contribution in [0.2, 0.25) is 0 Å². The Hall–Kier alpha value is -1.14. The number of rotatable bonds is 7. The molecule has 6 heteroatoms. The summed E-state index contributed by atoms with van der Waals surface area (Å²) in [6, 6.07) is 0. The van der Waals surface area contributed by atoms with Crippen molar-refractivity contribution in [2.75, 3.05) is 39.4 Å². The lowest BCUT2D eigenvalue weighted by atomic mass is 10.0. The molecule has 0 bridgehead atoms. The van der Waals surface area contributed by atoms with Crippen molar-refractivity contribution in [3.05, 3.63) is 0 Å². The minimum Gasteiger partial charge on any atom is -0.481 e. The first-order valence-corrected chi connectivity index (χ1v) is 7.63. The summed E-state index contributed by atoms with van der Waals surface area (Å²) in [4.78, 5) is 26.8. The van der Waals surface area contributed by atoms with Crippen molar-refractivity contribution in [3.8, 4) is 0 Å². The summed E-state index contributed by atoms with van der Waals surface area (Å²) in [6.07, 6.45) is 1.40. The molecule has 1 aliphatic heterocycles. The second kappa shape index (κ2) is 8.34. The van der Waals surface area contributed by atoms with E-state index in [0.717, 1.165) is 13.0 Å². The number of ether oxygens (including phenoxy) is 1. The molecule has 0 aromatic carbocycles. The maximum Gasteiger partial charge on any atom is 0.304 e. The summed E-state index contributed by atoms with van der Waals surface area (Å²) in [5, 5.41) is 8.81. The van der Waals surface area contributed by atoms with Gasteiger partial charge in [0.05, 0.1) is 19.6 Å². The Balaban J connectivity index is 2.34. The van der Waals surface area contributed by atoms with Gasteiger partial charge in [-0.25, -0.2) is 0 Å². The van der Waals surface area contributed by atoms with Crippen molar-refractivity contribution in [3.63, 3.8) is 0 Å². The standard InChI is InChI=1S/C15H28N2O4/c1-15(2,3)17(8-6-14(19)20)7-4-5-13(18)16-9-11-21-12-10-16/h4-12H2,1-3H3,(H,19,20). The van der Waals surface area contributed by atoms with E-state index in [1.807, 2.05) is 4.90 Å². The van der Waals surface area contributed by atoms with Gasteiger partial charge in [0.15, 0.2) is 0 Å². The van der Waals surface area contributed by atoms with Crippen LogP contribution < -0.4 is 0 Å². The van der Waals surface area contributed by atoms with Crippen LogP contribution in [0.3, 0.4) is 0 Å². The number of hydrogen-bond acceptors (Lipinski definition) is 4. The number of nitrogens with zero attached hydrogens (tertiary/aromatic N) is 2. The van der Waals surface area contributed by atoms with E-state index in [9.17, 15) is 9.59 Å². The van der Waals surface area contributed by atoms with Gasteiger partial charge < -0.3 is 14.7 Å². The van der Waals surface area contributed by atoms with Crippen LogP contribution >= 0.6 is 0 Å². The monoisotopic (exact) mass is 300 g/mol. The van der Waals surface area contributed by atoms with Gasteiger partial charge in [-0.15, -0.1) is 0 Å². The molecule has 6 nitrogen and oxygen atoms in total. The van der Waals surface area contributed by atoms with Gasteiger partial charge in [0.1, 0.15) is 0 Å². The molecule has 0 aromatic rings. The Morgan fingerprint density at radius 1 is 1.14 bits per heavy atom. The Kier molecular flexibility index (Phi) is 7.11. The van der Waals surface area contributed by atoms with E-state index < -0.39 is 5.97 Å². The summed E-state index contributed by atoms with van der Waals surface area (Å²) in [5.41, 5.74) is -0.0859. The van der Waals surface area contributed by atoms with Crippen LogP contribution in [-0.4, -0.2) is 71.7 Å². The molecule has 122 valence electrons. The van der Waals surface area contributed by atoms with Crippen LogP contribution in [-0.2, 0) is 14.3 Å². The normalized spacial score (nSPS) is 16.3. The van der Waals surface area contributed by atoms with E-state index in [0.29, 0.717) is 39.3 Å². The van der Waals surface area contributed by atoms with Gasteiger partial charge in [-0.2, -0.15) is 0 Å². The lowest BCUT2D eigenvalue weighted by Crippen LogP contribution is -2.44. The van der Waals surface area contributed by atoms with Crippen LogP contribution in [0.25, 0.3) is 0 Å². The van der Waals surface area contributed by atoms with Gasteiger partial charge in [-0.1, -0.05) is 0 Å². The summed E-state index contributed by atoms with van der Waals surface area (Å²) >= 11 is 0. The minimum atomic E-state index is -0.784. The maximum absolute atomic E-state index is 12.1. The highest BCUT2D eigenvalue weighted by Crippen LogP contribution is 2.15. The highest BCUT2D eigenvalue weighted by molar-refractivity contribution is 5.76. The van der Waals surface area contributed by atoms with E-state index in [-0.39, 0.29) is 17.9 Å². The number of hydrogen-bond donors (Lipinski definition) is 1. The highest BCUT2D eigenvalue weighted by Gasteiger charge is 2.22. The quantitative estimate of drug-likeness (QED) is 0.765. The summed E-state index contributed by atoms with van der Waals surface area (Å²) in [6.45, 7) is 10.1. The molecule has 1 N–H and O–H groups in total. The molecular formula is C15H28N2O4. The van der Waals surface area contributed by atoms with E-state index in [1.165, 1.54) is 0 Å². The highest BCUT2D eigenvalue weighted by atomic mass is 16.5. The third-order valence-electron chi connectivity index (χ3n) is 3.73.